The zero-order valence-electron chi connectivity index (χ0n) is 13.1. The van der Waals surface area contributed by atoms with Gasteiger partial charge in [0.05, 0.1) is 5.56 Å². The second-order valence-electron chi connectivity index (χ2n) is 6.30. The Morgan fingerprint density at radius 2 is 2.26 bits per heavy atom. The van der Waals surface area contributed by atoms with Crippen LogP contribution in [-0.4, -0.2) is 33.5 Å². The van der Waals surface area contributed by atoms with E-state index < -0.39 is 0 Å². The highest BCUT2D eigenvalue weighted by Gasteiger charge is 2.40. The highest BCUT2D eigenvalue weighted by atomic mass is 16.5. The largest absolute Gasteiger partial charge is 0.485 e. The van der Waals surface area contributed by atoms with Crippen LogP contribution in [0.25, 0.3) is 0 Å². The number of carbonyl (C=O) groups is 1. The standard InChI is InChI=1S/C17H19N3O3/c1-11-18-16(19-23-11)10-22-15-5-3-2-4-14(15)17(21)20-9-12-6-7-13(20)8-12/h2-5,12-13H,6-10H2,1H3. The highest BCUT2D eigenvalue weighted by molar-refractivity contribution is 5.97. The van der Waals surface area contributed by atoms with Gasteiger partial charge in [-0.2, -0.15) is 4.98 Å². The molecule has 120 valence electrons. The van der Waals surface area contributed by atoms with Gasteiger partial charge in [0, 0.05) is 19.5 Å². The van der Waals surface area contributed by atoms with E-state index in [4.69, 9.17) is 9.26 Å². The Morgan fingerprint density at radius 3 is 2.96 bits per heavy atom. The van der Waals surface area contributed by atoms with Crippen molar-refractivity contribution in [3.8, 4) is 5.75 Å². The second-order valence-corrected chi connectivity index (χ2v) is 6.30. The van der Waals surface area contributed by atoms with Gasteiger partial charge in [-0.15, -0.1) is 0 Å². The zero-order chi connectivity index (χ0) is 15.8. The molecule has 1 aliphatic heterocycles. The van der Waals surface area contributed by atoms with E-state index in [2.05, 4.69) is 10.1 Å². The van der Waals surface area contributed by atoms with Gasteiger partial charge in [0.15, 0.2) is 6.61 Å². The van der Waals surface area contributed by atoms with Crippen molar-refractivity contribution in [2.45, 2.75) is 38.8 Å². The summed E-state index contributed by atoms with van der Waals surface area (Å²) in [6.45, 7) is 2.80. The molecule has 23 heavy (non-hydrogen) atoms. The Labute approximate surface area is 134 Å². The number of amides is 1. The number of likely N-dealkylation sites (tertiary alicyclic amines) is 1. The summed E-state index contributed by atoms with van der Waals surface area (Å²) in [7, 11) is 0. The van der Waals surface area contributed by atoms with Gasteiger partial charge in [-0.25, -0.2) is 0 Å². The Morgan fingerprint density at radius 1 is 1.39 bits per heavy atom. The highest BCUT2D eigenvalue weighted by Crippen LogP contribution is 2.38. The van der Waals surface area contributed by atoms with Crippen molar-refractivity contribution in [2.24, 2.45) is 5.92 Å². The summed E-state index contributed by atoms with van der Waals surface area (Å²) >= 11 is 0. The fraction of sp³-hybridized carbons (Fsp3) is 0.471. The molecule has 1 saturated heterocycles. The molecule has 2 aromatic rings. The summed E-state index contributed by atoms with van der Waals surface area (Å²) in [5, 5.41) is 3.81. The first kappa shape index (κ1) is 14.2. The quantitative estimate of drug-likeness (QED) is 0.868. The van der Waals surface area contributed by atoms with E-state index in [1.807, 2.05) is 29.2 Å². The number of benzene rings is 1. The first-order valence-electron chi connectivity index (χ1n) is 8.02. The lowest BCUT2D eigenvalue weighted by molar-refractivity contribution is 0.0698. The molecule has 0 radical (unpaired) electrons. The molecular weight excluding hydrogens is 294 g/mol. The predicted octanol–water partition coefficient (Wildman–Crippen LogP) is 2.58. The first-order valence-corrected chi connectivity index (χ1v) is 8.02. The number of rotatable bonds is 4. The minimum atomic E-state index is 0.0668. The summed E-state index contributed by atoms with van der Waals surface area (Å²) < 4.78 is 10.7. The summed E-state index contributed by atoms with van der Waals surface area (Å²) in [5.74, 6) is 2.30. The third kappa shape index (κ3) is 2.69. The van der Waals surface area contributed by atoms with E-state index in [-0.39, 0.29) is 12.5 Å². The zero-order valence-corrected chi connectivity index (χ0v) is 13.1. The Kier molecular flexibility index (Phi) is 3.52. The molecule has 1 aromatic carbocycles. The van der Waals surface area contributed by atoms with Crippen LogP contribution in [0.5, 0.6) is 5.75 Å². The molecule has 2 heterocycles. The van der Waals surface area contributed by atoms with Crippen LogP contribution in [0.3, 0.4) is 0 Å². The maximum Gasteiger partial charge on any atom is 0.257 e. The van der Waals surface area contributed by atoms with Crippen LogP contribution in [0.15, 0.2) is 28.8 Å². The minimum absolute atomic E-state index is 0.0668. The Bertz CT molecular complexity index is 727. The molecule has 4 rings (SSSR count). The summed E-state index contributed by atoms with van der Waals surface area (Å²) in [4.78, 5) is 19.0. The van der Waals surface area contributed by atoms with Crippen LogP contribution >= 0.6 is 0 Å². The predicted molar refractivity (Wildman–Crippen MR) is 82.0 cm³/mol. The normalized spacial score (nSPS) is 22.6. The summed E-state index contributed by atoms with van der Waals surface area (Å²) in [6.07, 6.45) is 3.53. The maximum absolute atomic E-state index is 12.9. The molecule has 6 nitrogen and oxygen atoms in total. The van der Waals surface area contributed by atoms with E-state index in [1.54, 1.807) is 6.92 Å². The molecule has 2 aliphatic rings. The van der Waals surface area contributed by atoms with Gasteiger partial charge >= 0.3 is 0 Å². The number of hydrogen-bond donors (Lipinski definition) is 0. The molecular formula is C17H19N3O3. The molecule has 0 N–H and O–H groups in total. The first-order chi connectivity index (χ1) is 11.2. The van der Waals surface area contributed by atoms with Crippen molar-refractivity contribution < 1.29 is 14.1 Å². The van der Waals surface area contributed by atoms with Gasteiger partial charge in [0.2, 0.25) is 11.7 Å². The van der Waals surface area contributed by atoms with E-state index in [1.165, 1.54) is 6.42 Å². The number of aryl methyl sites for hydroxylation is 1. The third-order valence-electron chi connectivity index (χ3n) is 4.71. The Hall–Kier alpha value is -2.37. The Balaban J connectivity index is 1.51. The average Bonchev–Trinajstić information content (AvgIpc) is 3.29. The molecule has 2 unspecified atom stereocenters. The molecule has 1 aromatic heterocycles. The van der Waals surface area contributed by atoms with Crippen LogP contribution < -0.4 is 4.74 Å². The fourth-order valence-corrected chi connectivity index (χ4v) is 3.64. The van der Waals surface area contributed by atoms with E-state index in [9.17, 15) is 4.79 Å². The summed E-state index contributed by atoms with van der Waals surface area (Å²) in [6, 6.07) is 7.77. The van der Waals surface area contributed by atoms with E-state index in [0.29, 0.717) is 35.0 Å². The van der Waals surface area contributed by atoms with Crippen LogP contribution in [0.1, 0.15) is 41.3 Å². The molecule has 2 bridgehead atoms. The van der Waals surface area contributed by atoms with Crippen LogP contribution in [-0.2, 0) is 6.61 Å². The van der Waals surface area contributed by atoms with Gasteiger partial charge in [0.25, 0.3) is 5.91 Å². The van der Waals surface area contributed by atoms with Gasteiger partial charge in [-0.05, 0) is 37.3 Å². The molecule has 2 fully saturated rings. The number of aromatic nitrogens is 2. The lowest BCUT2D eigenvalue weighted by Crippen LogP contribution is -2.37. The van der Waals surface area contributed by atoms with Gasteiger partial charge in [-0.1, -0.05) is 17.3 Å². The number of para-hydroxylation sites is 1. The van der Waals surface area contributed by atoms with Crippen molar-refractivity contribution >= 4 is 5.91 Å². The smallest absolute Gasteiger partial charge is 0.257 e. The lowest BCUT2D eigenvalue weighted by Gasteiger charge is -2.27. The van der Waals surface area contributed by atoms with Gasteiger partial charge in [-0.3, -0.25) is 4.79 Å². The van der Waals surface area contributed by atoms with Crippen molar-refractivity contribution in [1.82, 2.24) is 15.0 Å². The average molecular weight is 313 g/mol. The number of ether oxygens (including phenoxy) is 1. The third-order valence-corrected chi connectivity index (χ3v) is 4.71. The number of hydrogen-bond acceptors (Lipinski definition) is 5. The van der Waals surface area contributed by atoms with E-state index in [0.717, 1.165) is 19.4 Å². The molecule has 6 heteroatoms. The van der Waals surface area contributed by atoms with Crippen molar-refractivity contribution in [2.75, 3.05) is 6.54 Å². The number of fused-ring (bicyclic) bond motifs is 2. The van der Waals surface area contributed by atoms with Crippen LogP contribution in [0, 0.1) is 12.8 Å². The molecule has 0 spiro atoms. The van der Waals surface area contributed by atoms with Crippen molar-refractivity contribution in [3.05, 3.63) is 41.5 Å². The molecule has 1 aliphatic carbocycles. The van der Waals surface area contributed by atoms with Crippen molar-refractivity contribution in [3.63, 3.8) is 0 Å². The minimum Gasteiger partial charge on any atom is -0.485 e. The lowest BCUT2D eigenvalue weighted by atomic mass is 10.1. The SMILES string of the molecule is Cc1nc(COc2ccccc2C(=O)N2CC3CCC2C3)no1. The summed E-state index contributed by atoms with van der Waals surface area (Å²) in [5.41, 5.74) is 0.611. The monoisotopic (exact) mass is 313 g/mol. The van der Waals surface area contributed by atoms with E-state index >= 15 is 0 Å². The maximum atomic E-state index is 12.9. The fourth-order valence-electron chi connectivity index (χ4n) is 3.64. The van der Waals surface area contributed by atoms with Crippen LogP contribution in [0.4, 0.5) is 0 Å². The second kappa shape index (κ2) is 5.68. The number of carbonyl (C=O) groups excluding carboxylic acids is 1. The van der Waals surface area contributed by atoms with Crippen LogP contribution in [0.2, 0.25) is 0 Å². The molecule has 1 saturated carbocycles. The molecule has 2 atom stereocenters. The van der Waals surface area contributed by atoms with Crippen molar-refractivity contribution in [1.29, 1.82) is 0 Å². The topological polar surface area (TPSA) is 68.5 Å². The number of nitrogens with zero attached hydrogens (tertiary/aromatic N) is 3. The van der Waals surface area contributed by atoms with Gasteiger partial charge in [0.1, 0.15) is 5.75 Å². The van der Waals surface area contributed by atoms with Gasteiger partial charge < -0.3 is 14.2 Å². The number of piperidine rings is 1. The molecule has 1 amide bonds.